The van der Waals surface area contributed by atoms with Crippen LogP contribution >= 0.6 is 11.8 Å². The lowest BCUT2D eigenvalue weighted by molar-refractivity contribution is 0.200. The maximum absolute atomic E-state index is 5.35. The molecular weight excluding hydrogens is 258 g/mol. The molecule has 100 valence electrons. The van der Waals surface area contributed by atoms with Crippen LogP contribution in [0.1, 0.15) is 19.8 Å². The Morgan fingerprint density at radius 2 is 2.26 bits per heavy atom. The molecule has 1 aromatic rings. The normalized spacial score (nSPS) is 21.4. The van der Waals surface area contributed by atoms with Crippen molar-refractivity contribution in [3.8, 4) is 0 Å². The zero-order valence-electron chi connectivity index (χ0n) is 11.2. The van der Waals surface area contributed by atoms with E-state index in [2.05, 4.69) is 33.9 Å². The largest absolute Gasteiger partial charge is 0.364 e. The lowest BCUT2D eigenvalue weighted by atomic mass is 9.95. The van der Waals surface area contributed by atoms with E-state index in [-0.39, 0.29) is 0 Å². The highest BCUT2D eigenvalue weighted by Gasteiger charge is 2.29. The Morgan fingerprint density at radius 1 is 1.42 bits per heavy atom. The molecule has 2 aliphatic rings. The molecule has 1 aliphatic heterocycles. The van der Waals surface area contributed by atoms with Crippen LogP contribution in [-0.4, -0.2) is 23.8 Å². The van der Waals surface area contributed by atoms with Crippen molar-refractivity contribution < 1.29 is 4.74 Å². The quantitative estimate of drug-likeness (QED) is 0.847. The number of aromatic nitrogens is 2. The van der Waals surface area contributed by atoms with Crippen molar-refractivity contribution in [3.05, 3.63) is 35.1 Å². The number of hydrogen-bond acceptors (Lipinski definition) is 5. The van der Waals surface area contributed by atoms with Gasteiger partial charge in [-0.05, 0) is 18.8 Å². The molecule has 4 nitrogen and oxygen atoms in total. The minimum absolute atomic E-state index is 0.523. The summed E-state index contributed by atoms with van der Waals surface area (Å²) >= 11 is 1.71. The van der Waals surface area contributed by atoms with Gasteiger partial charge in [0.25, 0.3) is 0 Å². The molecule has 0 saturated carbocycles. The number of fused-ring (bicyclic) bond motifs is 1. The van der Waals surface area contributed by atoms with Gasteiger partial charge in [-0.3, -0.25) is 0 Å². The van der Waals surface area contributed by atoms with E-state index in [4.69, 9.17) is 4.74 Å². The molecule has 0 N–H and O–H groups in total. The summed E-state index contributed by atoms with van der Waals surface area (Å²) in [5, 5.41) is 0.956. The highest BCUT2D eigenvalue weighted by atomic mass is 32.2. The summed E-state index contributed by atoms with van der Waals surface area (Å²) in [6, 6.07) is 0. The Hall–Kier alpha value is -1.33. The summed E-state index contributed by atoms with van der Waals surface area (Å²) in [6.07, 6.45) is 10.2. The van der Waals surface area contributed by atoms with Gasteiger partial charge in [0, 0.05) is 30.1 Å². The first kappa shape index (κ1) is 12.7. The first-order valence-corrected chi connectivity index (χ1v) is 7.31. The molecule has 1 atom stereocenters. The molecule has 0 bridgehead atoms. The van der Waals surface area contributed by atoms with Crippen molar-refractivity contribution in [2.24, 2.45) is 5.92 Å². The highest BCUT2D eigenvalue weighted by Crippen LogP contribution is 2.45. The number of thioether (sulfide) groups is 1. The molecule has 19 heavy (non-hydrogen) atoms. The van der Waals surface area contributed by atoms with Crippen molar-refractivity contribution in [1.82, 2.24) is 9.97 Å². The summed E-state index contributed by atoms with van der Waals surface area (Å²) in [4.78, 5) is 12.3. The number of rotatable bonds is 3. The summed E-state index contributed by atoms with van der Waals surface area (Å²) in [5.74, 6) is 1.52. The summed E-state index contributed by atoms with van der Waals surface area (Å²) in [7, 11) is 1.72. The standard InChI is InChI=1S/C14H17N3OS/c1-3-10-4-5-12-11(8-10)17(9-18-2)13-14(19-12)16-7-6-15-13/h4-7,10H,3,8-9H2,1-2H3. The topological polar surface area (TPSA) is 38.2 Å². The van der Waals surface area contributed by atoms with Crippen molar-refractivity contribution in [2.75, 3.05) is 18.7 Å². The van der Waals surface area contributed by atoms with Gasteiger partial charge in [0.1, 0.15) is 11.8 Å². The molecular formula is C14H17N3OS. The summed E-state index contributed by atoms with van der Waals surface area (Å²) < 4.78 is 5.35. The third-order valence-electron chi connectivity index (χ3n) is 3.48. The third-order valence-corrected chi connectivity index (χ3v) is 4.55. The Kier molecular flexibility index (Phi) is 3.57. The predicted octanol–water partition coefficient (Wildman–Crippen LogP) is 3.19. The van der Waals surface area contributed by atoms with Gasteiger partial charge in [0.15, 0.2) is 5.82 Å². The Bertz CT molecular complexity index is 541. The van der Waals surface area contributed by atoms with Gasteiger partial charge in [0.2, 0.25) is 0 Å². The molecule has 0 saturated heterocycles. The predicted molar refractivity (Wildman–Crippen MR) is 76.8 cm³/mol. The fraction of sp³-hybridized carbons (Fsp3) is 0.429. The van der Waals surface area contributed by atoms with Crippen molar-refractivity contribution in [2.45, 2.75) is 24.8 Å². The monoisotopic (exact) mass is 275 g/mol. The van der Waals surface area contributed by atoms with E-state index in [9.17, 15) is 0 Å². The second kappa shape index (κ2) is 5.35. The first-order valence-electron chi connectivity index (χ1n) is 6.50. The zero-order chi connectivity index (χ0) is 13.2. The molecule has 0 aromatic carbocycles. The highest BCUT2D eigenvalue weighted by molar-refractivity contribution is 8.03. The van der Waals surface area contributed by atoms with E-state index in [0.717, 1.165) is 23.7 Å². The van der Waals surface area contributed by atoms with Gasteiger partial charge in [-0.1, -0.05) is 30.8 Å². The fourth-order valence-corrected chi connectivity index (χ4v) is 3.46. The summed E-state index contributed by atoms with van der Waals surface area (Å²) in [5.41, 5.74) is 1.31. The zero-order valence-corrected chi connectivity index (χ0v) is 12.0. The maximum Gasteiger partial charge on any atom is 0.167 e. The molecule has 5 heteroatoms. The molecule has 0 fully saturated rings. The molecule has 0 amide bonds. The van der Waals surface area contributed by atoms with Crippen LogP contribution in [0.4, 0.5) is 5.82 Å². The lowest BCUT2D eigenvalue weighted by Crippen LogP contribution is -2.31. The molecule has 3 rings (SSSR count). The number of hydrogen-bond donors (Lipinski definition) is 0. The molecule has 2 heterocycles. The number of allylic oxidation sites excluding steroid dienone is 3. The van der Waals surface area contributed by atoms with E-state index in [1.165, 1.54) is 10.6 Å². The van der Waals surface area contributed by atoms with E-state index in [0.29, 0.717) is 12.6 Å². The van der Waals surface area contributed by atoms with Crippen LogP contribution in [0.25, 0.3) is 0 Å². The number of ether oxygens (including phenoxy) is 1. The van der Waals surface area contributed by atoms with Gasteiger partial charge in [-0.2, -0.15) is 0 Å². The van der Waals surface area contributed by atoms with Crippen LogP contribution in [0.15, 0.2) is 40.2 Å². The van der Waals surface area contributed by atoms with Crippen LogP contribution in [0, 0.1) is 5.92 Å². The minimum atomic E-state index is 0.523. The van der Waals surface area contributed by atoms with Crippen LogP contribution in [0.5, 0.6) is 0 Å². The minimum Gasteiger partial charge on any atom is -0.364 e. The van der Waals surface area contributed by atoms with Gasteiger partial charge in [-0.15, -0.1) is 0 Å². The Labute approximate surface area is 117 Å². The van der Waals surface area contributed by atoms with Crippen molar-refractivity contribution in [3.63, 3.8) is 0 Å². The maximum atomic E-state index is 5.35. The van der Waals surface area contributed by atoms with Gasteiger partial charge in [-0.25, -0.2) is 9.97 Å². The number of nitrogens with zero attached hydrogens (tertiary/aromatic N) is 3. The van der Waals surface area contributed by atoms with Crippen LogP contribution in [-0.2, 0) is 4.74 Å². The fourth-order valence-electron chi connectivity index (χ4n) is 2.43. The molecule has 1 aromatic heterocycles. The molecule has 1 unspecified atom stereocenters. The van der Waals surface area contributed by atoms with Gasteiger partial charge < -0.3 is 9.64 Å². The smallest absolute Gasteiger partial charge is 0.167 e. The second-order valence-electron chi connectivity index (χ2n) is 4.68. The van der Waals surface area contributed by atoms with Gasteiger partial charge in [0.05, 0.1) is 0 Å². The Morgan fingerprint density at radius 3 is 3.05 bits per heavy atom. The van der Waals surface area contributed by atoms with Crippen molar-refractivity contribution >= 4 is 17.6 Å². The van der Waals surface area contributed by atoms with Crippen LogP contribution in [0.2, 0.25) is 0 Å². The lowest BCUT2D eigenvalue weighted by Gasteiger charge is -2.35. The molecule has 0 radical (unpaired) electrons. The van der Waals surface area contributed by atoms with Crippen molar-refractivity contribution in [1.29, 1.82) is 0 Å². The van der Waals surface area contributed by atoms with E-state index in [1.807, 2.05) is 0 Å². The van der Waals surface area contributed by atoms with E-state index < -0.39 is 0 Å². The van der Waals surface area contributed by atoms with E-state index >= 15 is 0 Å². The van der Waals surface area contributed by atoms with Crippen LogP contribution < -0.4 is 4.90 Å². The number of methoxy groups -OCH3 is 1. The van der Waals surface area contributed by atoms with Crippen LogP contribution in [0.3, 0.4) is 0 Å². The van der Waals surface area contributed by atoms with Gasteiger partial charge >= 0.3 is 0 Å². The first-order chi connectivity index (χ1) is 9.33. The average Bonchev–Trinajstić information content (AvgIpc) is 2.47. The summed E-state index contributed by atoms with van der Waals surface area (Å²) in [6.45, 7) is 2.75. The third kappa shape index (κ3) is 2.28. The average molecular weight is 275 g/mol. The Balaban J connectivity index is 2.01. The number of anilines is 1. The second-order valence-corrected chi connectivity index (χ2v) is 5.71. The van der Waals surface area contributed by atoms with E-state index in [1.54, 1.807) is 31.3 Å². The molecule has 0 spiro atoms. The SMILES string of the molecule is CCC1C=CC2=C(C1)N(COC)c1nccnc1S2. The molecule has 1 aliphatic carbocycles.